The Kier molecular flexibility index (Phi) is 2.28. The number of aliphatic hydroxyl groups excluding tert-OH is 1. The van der Waals surface area contributed by atoms with Crippen LogP contribution in [0.5, 0.6) is 5.75 Å². The van der Waals surface area contributed by atoms with E-state index in [1.165, 1.54) is 12.1 Å². The molecule has 1 aliphatic rings. The summed E-state index contributed by atoms with van der Waals surface area (Å²) in [7, 11) is -3.59. The van der Waals surface area contributed by atoms with Crippen molar-refractivity contribution in [3.05, 3.63) is 28.7 Å². The van der Waals surface area contributed by atoms with Gasteiger partial charge in [0.15, 0.2) is 0 Å². The predicted molar refractivity (Wildman–Crippen MR) is 55.0 cm³/mol. The Balaban J connectivity index is 2.64. The standard InChI is InChI=1S/C10H10O4S/c11-5-4-8-6-7-2-1-3-9(12)10(7)15(8,13)14/h1-3,6,11-12H,4-5H2. The van der Waals surface area contributed by atoms with Gasteiger partial charge in [-0.05, 0) is 17.7 Å². The number of fused-ring (bicyclic) bond motifs is 1. The Hall–Kier alpha value is -1.33. The molecule has 0 saturated heterocycles. The summed E-state index contributed by atoms with van der Waals surface area (Å²) >= 11 is 0. The molecule has 0 unspecified atom stereocenters. The third-order valence-corrected chi connectivity index (χ3v) is 4.31. The molecule has 0 aromatic heterocycles. The summed E-state index contributed by atoms with van der Waals surface area (Å²) in [5, 5.41) is 18.2. The third kappa shape index (κ3) is 1.44. The first-order chi connectivity index (χ1) is 7.07. The van der Waals surface area contributed by atoms with Crippen LogP contribution in [0.25, 0.3) is 6.08 Å². The first kappa shape index (κ1) is 10.2. The number of aromatic hydroxyl groups is 1. The molecule has 15 heavy (non-hydrogen) atoms. The van der Waals surface area contributed by atoms with Gasteiger partial charge < -0.3 is 10.2 Å². The third-order valence-electron chi connectivity index (χ3n) is 2.31. The smallest absolute Gasteiger partial charge is 0.207 e. The molecule has 2 rings (SSSR count). The molecule has 5 heteroatoms. The highest BCUT2D eigenvalue weighted by Gasteiger charge is 2.31. The van der Waals surface area contributed by atoms with E-state index in [9.17, 15) is 13.5 Å². The van der Waals surface area contributed by atoms with Crippen LogP contribution in [0.1, 0.15) is 12.0 Å². The van der Waals surface area contributed by atoms with Crippen LogP contribution in [0, 0.1) is 0 Å². The van der Waals surface area contributed by atoms with E-state index in [0.717, 1.165) is 0 Å². The van der Waals surface area contributed by atoms with Gasteiger partial charge in [-0.3, -0.25) is 0 Å². The van der Waals surface area contributed by atoms with Crippen molar-refractivity contribution in [1.29, 1.82) is 0 Å². The molecule has 0 spiro atoms. The Morgan fingerprint density at radius 1 is 1.27 bits per heavy atom. The molecule has 1 heterocycles. The Morgan fingerprint density at radius 2 is 2.00 bits per heavy atom. The van der Waals surface area contributed by atoms with Gasteiger partial charge >= 0.3 is 0 Å². The van der Waals surface area contributed by atoms with E-state index in [-0.39, 0.29) is 28.6 Å². The predicted octanol–water partition coefficient (Wildman–Crippen LogP) is 0.903. The molecule has 1 aliphatic heterocycles. The zero-order valence-electron chi connectivity index (χ0n) is 7.84. The molecule has 80 valence electrons. The molecule has 4 nitrogen and oxygen atoms in total. The molecule has 2 N–H and O–H groups in total. The van der Waals surface area contributed by atoms with E-state index in [1.54, 1.807) is 12.1 Å². The summed E-state index contributed by atoms with van der Waals surface area (Å²) in [6.07, 6.45) is 1.57. The van der Waals surface area contributed by atoms with E-state index in [1.807, 2.05) is 0 Å². The maximum absolute atomic E-state index is 11.9. The number of hydrogen-bond acceptors (Lipinski definition) is 4. The van der Waals surface area contributed by atoms with E-state index in [4.69, 9.17) is 5.11 Å². The number of rotatable bonds is 2. The molecule has 0 radical (unpaired) electrons. The van der Waals surface area contributed by atoms with Crippen LogP contribution < -0.4 is 0 Å². The summed E-state index contributed by atoms with van der Waals surface area (Å²) in [4.78, 5) is 0.106. The fraction of sp³-hybridized carbons (Fsp3) is 0.200. The molecule has 0 atom stereocenters. The summed E-state index contributed by atoms with van der Waals surface area (Å²) in [6, 6.07) is 4.55. The van der Waals surface area contributed by atoms with Gasteiger partial charge in [0, 0.05) is 13.0 Å². The van der Waals surface area contributed by atoms with E-state index in [2.05, 4.69) is 0 Å². The largest absolute Gasteiger partial charge is 0.507 e. The number of phenols is 1. The second-order valence-electron chi connectivity index (χ2n) is 3.28. The number of hydrogen-bond donors (Lipinski definition) is 2. The minimum Gasteiger partial charge on any atom is -0.507 e. The van der Waals surface area contributed by atoms with Crippen molar-refractivity contribution in [2.45, 2.75) is 11.3 Å². The molecule has 1 aromatic rings. The van der Waals surface area contributed by atoms with Crippen molar-refractivity contribution in [1.82, 2.24) is 0 Å². The van der Waals surface area contributed by atoms with Gasteiger partial charge in [0.1, 0.15) is 10.6 Å². The molecule has 0 bridgehead atoms. The summed E-state index contributed by atoms with van der Waals surface area (Å²) in [6.45, 7) is -0.222. The molecular formula is C10H10O4S. The average molecular weight is 226 g/mol. The number of aliphatic hydroxyl groups is 1. The lowest BCUT2D eigenvalue weighted by molar-refractivity contribution is 0.301. The normalized spacial score (nSPS) is 17.3. The fourth-order valence-electron chi connectivity index (χ4n) is 1.65. The van der Waals surface area contributed by atoms with Gasteiger partial charge in [-0.15, -0.1) is 0 Å². The maximum atomic E-state index is 11.9. The van der Waals surface area contributed by atoms with Crippen LogP contribution in [0.3, 0.4) is 0 Å². The first-order valence-electron chi connectivity index (χ1n) is 4.46. The molecular weight excluding hydrogens is 216 g/mol. The van der Waals surface area contributed by atoms with Gasteiger partial charge in [-0.25, -0.2) is 8.42 Å². The number of phenolic OH excluding ortho intramolecular Hbond substituents is 1. The number of benzene rings is 1. The van der Waals surface area contributed by atoms with Crippen LogP contribution >= 0.6 is 0 Å². The van der Waals surface area contributed by atoms with Crippen molar-refractivity contribution in [2.75, 3.05) is 6.61 Å². The fourth-order valence-corrected chi connectivity index (χ4v) is 3.33. The summed E-state index contributed by atoms with van der Waals surface area (Å²) < 4.78 is 23.7. The van der Waals surface area contributed by atoms with E-state index < -0.39 is 9.84 Å². The zero-order chi connectivity index (χ0) is 11.1. The lowest BCUT2D eigenvalue weighted by Gasteiger charge is -2.03. The monoisotopic (exact) mass is 226 g/mol. The van der Waals surface area contributed by atoms with Crippen molar-refractivity contribution in [2.24, 2.45) is 0 Å². The quantitative estimate of drug-likeness (QED) is 0.785. The van der Waals surface area contributed by atoms with Gasteiger partial charge in [0.25, 0.3) is 0 Å². The SMILES string of the molecule is O=S1(=O)C(CCO)=Cc2cccc(O)c21. The topological polar surface area (TPSA) is 74.6 Å². The summed E-state index contributed by atoms with van der Waals surface area (Å²) in [5.74, 6) is -0.239. The average Bonchev–Trinajstić information content (AvgIpc) is 2.40. The lowest BCUT2D eigenvalue weighted by Crippen LogP contribution is -2.02. The minimum absolute atomic E-state index is 0.0477. The van der Waals surface area contributed by atoms with E-state index in [0.29, 0.717) is 5.56 Å². The van der Waals surface area contributed by atoms with Crippen LogP contribution in [0.2, 0.25) is 0 Å². The van der Waals surface area contributed by atoms with Crippen LogP contribution in [0.15, 0.2) is 28.0 Å². The van der Waals surface area contributed by atoms with Crippen LogP contribution in [-0.4, -0.2) is 25.2 Å². The lowest BCUT2D eigenvalue weighted by atomic mass is 10.2. The van der Waals surface area contributed by atoms with Crippen molar-refractivity contribution < 1.29 is 18.6 Å². The molecule has 0 amide bonds. The Labute approximate surface area is 87.4 Å². The highest BCUT2D eigenvalue weighted by atomic mass is 32.2. The van der Waals surface area contributed by atoms with Crippen LogP contribution in [0.4, 0.5) is 0 Å². The van der Waals surface area contributed by atoms with Gasteiger partial charge in [-0.1, -0.05) is 12.1 Å². The summed E-state index contributed by atoms with van der Waals surface area (Å²) in [5.41, 5.74) is 0.485. The highest BCUT2D eigenvalue weighted by Crippen LogP contribution is 2.39. The highest BCUT2D eigenvalue weighted by molar-refractivity contribution is 7.96. The van der Waals surface area contributed by atoms with Gasteiger partial charge in [0.05, 0.1) is 4.91 Å². The molecule has 1 aromatic carbocycles. The molecule has 0 fully saturated rings. The van der Waals surface area contributed by atoms with Gasteiger partial charge in [-0.2, -0.15) is 0 Å². The molecule has 0 aliphatic carbocycles. The van der Waals surface area contributed by atoms with Crippen molar-refractivity contribution in [3.63, 3.8) is 0 Å². The Bertz CT molecular complexity index is 528. The zero-order valence-corrected chi connectivity index (χ0v) is 8.66. The number of sulfone groups is 1. The second kappa shape index (κ2) is 3.36. The Morgan fingerprint density at radius 3 is 2.60 bits per heavy atom. The maximum Gasteiger partial charge on any atom is 0.207 e. The minimum atomic E-state index is -3.59. The second-order valence-corrected chi connectivity index (χ2v) is 5.22. The molecule has 0 saturated carbocycles. The first-order valence-corrected chi connectivity index (χ1v) is 5.94. The van der Waals surface area contributed by atoms with Gasteiger partial charge in [0.2, 0.25) is 9.84 Å². The van der Waals surface area contributed by atoms with Crippen molar-refractivity contribution in [3.8, 4) is 5.75 Å². The van der Waals surface area contributed by atoms with E-state index >= 15 is 0 Å². The van der Waals surface area contributed by atoms with Crippen molar-refractivity contribution >= 4 is 15.9 Å². The van der Waals surface area contributed by atoms with Crippen LogP contribution in [-0.2, 0) is 9.84 Å².